The second kappa shape index (κ2) is 4.94. The number of carboxylic acid groups (broad SMARTS) is 1. The maximum Gasteiger partial charge on any atom is 0.574 e. The van der Waals surface area contributed by atoms with Crippen LogP contribution in [0.5, 0.6) is 11.6 Å². The fraction of sp³-hybridized carbons (Fsp3) is 0.250. The van der Waals surface area contributed by atoms with Gasteiger partial charge in [-0.3, -0.25) is 0 Å². The minimum atomic E-state index is -4.90. The summed E-state index contributed by atoms with van der Waals surface area (Å²) in [5.41, 5.74) is -0.317. The zero-order valence-electron chi connectivity index (χ0n) is 8.21. The van der Waals surface area contributed by atoms with Crippen molar-refractivity contribution in [3.63, 3.8) is 0 Å². The number of hydrogen-bond acceptors (Lipinski definition) is 4. The number of halogens is 4. The Morgan fingerprint density at radius 3 is 2.53 bits per heavy atom. The molecule has 0 bridgehead atoms. The summed E-state index contributed by atoms with van der Waals surface area (Å²) >= 11 is 1.48. The summed E-state index contributed by atoms with van der Waals surface area (Å²) in [6, 6.07) is 0.763. The van der Waals surface area contributed by atoms with Crippen LogP contribution >= 0.6 is 22.6 Å². The third-order valence-corrected chi connectivity index (χ3v) is 2.35. The summed E-state index contributed by atoms with van der Waals surface area (Å²) in [7, 11) is 1.13. The van der Waals surface area contributed by atoms with Crippen LogP contribution in [-0.4, -0.2) is 29.5 Å². The van der Waals surface area contributed by atoms with E-state index in [1.807, 2.05) is 0 Å². The highest BCUT2D eigenvalue weighted by atomic mass is 127. The van der Waals surface area contributed by atoms with Gasteiger partial charge >= 0.3 is 12.3 Å². The molecule has 1 heterocycles. The molecule has 5 nitrogen and oxygen atoms in total. The van der Waals surface area contributed by atoms with Crippen molar-refractivity contribution in [1.82, 2.24) is 4.98 Å². The van der Waals surface area contributed by atoms with Crippen LogP contribution in [0.1, 0.15) is 10.4 Å². The van der Waals surface area contributed by atoms with E-state index in [2.05, 4.69) is 14.5 Å². The van der Waals surface area contributed by atoms with E-state index >= 15 is 0 Å². The van der Waals surface area contributed by atoms with Crippen LogP contribution in [-0.2, 0) is 0 Å². The molecular weight excluding hydrogens is 358 g/mol. The predicted octanol–water partition coefficient (Wildman–Crippen LogP) is 2.29. The number of carbonyl (C=O) groups is 1. The quantitative estimate of drug-likeness (QED) is 0.660. The summed E-state index contributed by atoms with van der Waals surface area (Å²) in [6.45, 7) is 0. The Kier molecular flexibility index (Phi) is 4.01. The fourth-order valence-electron chi connectivity index (χ4n) is 0.996. The Bertz CT molecular complexity index is 449. The number of hydrogen-bond donors (Lipinski definition) is 1. The van der Waals surface area contributed by atoms with Gasteiger partial charge in [0, 0.05) is 6.07 Å². The lowest BCUT2D eigenvalue weighted by atomic mass is 10.2. The molecule has 0 saturated carbocycles. The van der Waals surface area contributed by atoms with E-state index in [1.165, 1.54) is 22.6 Å². The van der Waals surface area contributed by atoms with Crippen molar-refractivity contribution in [3.8, 4) is 11.6 Å². The predicted molar refractivity (Wildman–Crippen MR) is 57.1 cm³/mol. The summed E-state index contributed by atoms with van der Waals surface area (Å²) in [6.07, 6.45) is -4.90. The van der Waals surface area contributed by atoms with Gasteiger partial charge in [0.05, 0.1) is 7.11 Å². The minimum absolute atomic E-state index is 0.159. The van der Waals surface area contributed by atoms with Gasteiger partial charge in [-0.25, -0.2) is 9.78 Å². The van der Waals surface area contributed by atoms with Crippen LogP contribution in [0.15, 0.2) is 6.07 Å². The molecule has 1 aromatic heterocycles. The number of aromatic nitrogens is 1. The number of rotatable bonds is 3. The Morgan fingerprint density at radius 1 is 1.53 bits per heavy atom. The van der Waals surface area contributed by atoms with Gasteiger partial charge < -0.3 is 14.6 Å². The smallest absolute Gasteiger partial charge is 0.496 e. The molecule has 1 N–H and O–H groups in total. The van der Waals surface area contributed by atoms with Crippen LogP contribution < -0.4 is 9.47 Å². The lowest BCUT2D eigenvalue weighted by molar-refractivity contribution is -0.276. The average molecular weight is 363 g/mol. The zero-order chi connectivity index (χ0) is 13.2. The second-order valence-electron chi connectivity index (χ2n) is 2.68. The Hall–Kier alpha value is -1.26. The van der Waals surface area contributed by atoms with Gasteiger partial charge in [-0.15, -0.1) is 13.2 Å². The molecule has 0 aliphatic heterocycles. The van der Waals surface area contributed by atoms with E-state index in [1.54, 1.807) is 0 Å². The molecule has 0 aliphatic rings. The summed E-state index contributed by atoms with van der Waals surface area (Å²) in [5, 5.41) is 8.81. The Morgan fingerprint density at radius 2 is 2.12 bits per heavy atom. The first-order valence-corrected chi connectivity index (χ1v) is 5.06. The molecule has 0 radical (unpaired) electrons. The molecule has 0 amide bonds. The molecule has 0 saturated heterocycles. The number of pyridine rings is 1. The Balaban J connectivity index is 3.23. The molecule has 0 aliphatic carbocycles. The SMILES string of the molecule is COc1cc(OC(F)(F)F)nc(I)c1C(=O)O. The molecule has 1 rings (SSSR count). The van der Waals surface area contributed by atoms with Crippen molar-refractivity contribution in [2.45, 2.75) is 6.36 Å². The number of nitrogens with zero attached hydrogens (tertiary/aromatic N) is 1. The monoisotopic (exact) mass is 363 g/mol. The highest BCUT2D eigenvalue weighted by Crippen LogP contribution is 2.29. The maximum atomic E-state index is 11.9. The van der Waals surface area contributed by atoms with E-state index in [4.69, 9.17) is 5.11 Å². The largest absolute Gasteiger partial charge is 0.574 e. The third-order valence-electron chi connectivity index (χ3n) is 1.57. The van der Waals surface area contributed by atoms with Crippen molar-refractivity contribution in [2.75, 3.05) is 7.11 Å². The molecule has 0 aromatic carbocycles. The minimum Gasteiger partial charge on any atom is -0.496 e. The fourth-order valence-corrected chi connectivity index (χ4v) is 1.73. The lowest BCUT2D eigenvalue weighted by Gasteiger charge is -2.11. The highest BCUT2D eigenvalue weighted by Gasteiger charge is 2.33. The molecule has 9 heteroatoms. The van der Waals surface area contributed by atoms with E-state index < -0.39 is 18.2 Å². The van der Waals surface area contributed by atoms with Crippen LogP contribution in [0.2, 0.25) is 0 Å². The van der Waals surface area contributed by atoms with Crippen LogP contribution in [0.25, 0.3) is 0 Å². The number of ether oxygens (including phenoxy) is 2. The Labute approximate surface area is 107 Å². The molecule has 0 atom stereocenters. The summed E-state index contributed by atoms with van der Waals surface area (Å²) in [4.78, 5) is 14.2. The van der Waals surface area contributed by atoms with Gasteiger partial charge in [0.1, 0.15) is 15.0 Å². The van der Waals surface area contributed by atoms with E-state index in [0.29, 0.717) is 0 Å². The van der Waals surface area contributed by atoms with Gasteiger partial charge in [-0.2, -0.15) is 0 Å². The van der Waals surface area contributed by atoms with Crippen LogP contribution in [0.4, 0.5) is 13.2 Å². The molecule has 0 unspecified atom stereocenters. The van der Waals surface area contributed by atoms with Crippen molar-refractivity contribution in [1.29, 1.82) is 0 Å². The van der Waals surface area contributed by atoms with E-state index in [-0.39, 0.29) is 15.0 Å². The normalized spacial score (nSPS) is 11.1. The first kappa shape index (κ1) is 13.8. The standard InChI is InChI=1S/C8H5F3INO4/c1-16-3-2-4(17-8(9,10)11)13-6(12)5(3)7(14)15/h2H,1H3,(H,14,15). The maximum absolute atomic E-state index is 11.9. The van der Waals surface area contributed by atoms with Gasteiger partial charge in [0.2, 0.25) is 5.88 Å². The van der Waals surface area contributed by atoms with Crippen LogP contribution in [0, 0.1) is 3.70 Å². The van der Waals surface area contributed by atoms with E-state index in [0.717, 1.165) is 13.2 Å². The first-order valence-electron chi connectivity index (χ1n) is 3.98. The number of carboxylic acids is 1. The summed E-state index contributed by atoms with van der Waals surface area (Å²) in [5.74, 6) is -2.38. The third kappa shape index (κ3) is 3.61. The second-order valence-corrected chi connectivity index (χ2v) is 3.70. The van der Waals surface area contributed by atoms with Gasteiger partial charge in [-0.1, -0.05) is 0 Å². The highest BCUT2D eigenvalue weighted by molar-refractivity contribution is 14.1. The summed E-state index contributed by atoms with van der Waals surface area (Å²) < 4.78 is 43.9. The average Bonchev–Trinajstić information content (AvgIpc) is 2.12. The van der Waals surface area contributed by atoms with Gasteiger partial charge in [0.25, 0.3) is 0 Å². The van der Waals surface area contributed by atoms with Gasteiger partial charge in [-0.05, 0) is 22.6 Å². The zero-order valence-corrected chi connectivity index (χ0v) is 10.4. The molecule has 17 heavy (non-hydrogen) atoms. The van der Waals surface area contributed by atoms with Crippen molar-refractivity contribution in [3.05, 3.63) is 15.3 Å². The van der Waals surface area contributed by atoms with E-state index in [9.17, 15) is 18.0 Å². The number of methoxy groups -OCH3 is 1. The molecule has 0 spiro atoms. The van der Waals surface area contributed by atoms with Crippen molar-refractivity contribution >= 4 is 28.6 Å². The van der Waals surface area contributed by atoms with Crippen molar-refractivity contribution < 1.29 is 32.5 Å². The van der Waals surface area contributed by atoms with Gasteiger partial charge in [0.15, 0.2) is 0 Å². The lowest BCUT2D eigenvalue weighted by Crippen LogP contribution is -2.19. The topological polar surface area (TPSA) is 68.7 Å². The first-order chi connectivity index (χ1) is 7.74. The van der Waals surface area contributed by atoms with Crippen LogP contribution in [0.3, 0.4) is 0 Å². The molecular formula is C8H5F3INO4. The number of aromatic carboxylic acids is 1. The number of alkyl halides is 3. The molecule has 0 fully saturated rings. The molecule has 94 valence electrons. The van der Waals surface area contributed by atoms with Crippen molar-refractivity contribution in [2.24, 2.45) is 0 Å². The molecule has 1 aromatic rings.